The highest BCUT2D eigenvalue weighted by Gasteiger charge is 2.54. The van der Waals surface area contributed by atoms with Crippen LogP contribution in [0.2, 0.25) is 0 Å². The van der Waals surface area contributed by atoms with Crippen LogP contribution >= 0.6 is 0 Å². The molecule has 2 aliphatic carbocycles. The van der Waals surface area contributed by atoms with Gasteiger partial charge < -0.3 is 10.1 Å². The van der Waals surface area contributed by atoms with E-state index in [0.29, 0.717) is 17.6 Å². The maximum absolute atomic E-state index is 6.33. The van der Waals surface area contributed by atoms with Gasteiger partial charge in [0.1, 0.15) is 0 Å². The van der Waals surface area contributed by atoms with Gasteiger partial charge in [-0.25, -0.2) is 0 Å². The van der Waals surface area contributed by atoms with E-state index < -0.39 is 0 Å². The third-order valence-corrected chi connectivity index (χ3v) is 5.53. The predicted molar refractivity (Wildman–Crippen MR) is 81.4 cm³/mol. The highest BCUT2D eigenvalue weighted by Crippen LogP contribution is 2.52. The van der Waals surface area contributed by atoms with Crippen molar-refractivity contribution in [2.24, 2.45) is 11.3 Å². The van der Waals surface area contributed by atoms with Crippen LogP contribution in [0.1, 0.15) is 71.6 Å². The zero-order chi connectivity index (χ0) is 13.7. The van der Waals surface area contributed by atoms with E-state index in [-0.39, 0.29) is 0 Å². The normalized spacial score (nSPS) is 31.7. The molecule has 0 bridgehead atoms. The molecule has 112 valence electrons. The molecule has 2 rings (SSSR count). The van der Waals surface area contributed by atoms with Gasteiger partial charge >= 0.3 is 0 Å². The topological polar surface area (TPSA) is 21.3 Å². The molecular formula is C17H33NO. The van der Waals surface area contributed by atoms with Gasteiger partial charge in [0.2, 0.25) is 0 Å². The summed E-state index contributed by atoms with van der Waals surface area (Å²) in [6.45, 7) is 5.57. The first-order chi connectivity index (χ1) is 9.23. The van der Waals surface area contributed by atoms with Gasteiger partial charge in [-0.05, 0) is 38.6 Å². The summed E-state index contributed by atoms with van der Waals surface area (Å²) in [6, 6.07) is 0.706. The zero-order valence-corrected chi connectivity index (χ0v) is 13.2. The Kier molecular flexibility index (Phi) is 5.70. The van der Waals surface area contributed by atoms with Gasteiger partial charge in [0.25, 0.3) is 0 Å². The molecule has 2 saturated carbocycles. The van der Waals surface area contributed by atoms with Crippen LogP contribution in [0.5, 0.6) is 0 Å². The summed E-state index contributed by atoms with van der Waals surface area (Å²) < 4.78 is 6.33. The molecule has 2 heteroatoms. The van der Waals surface area contributed by atoms with Crippen molar-refractivity contribution in [2.45, 2.75) is 83.8 Å². The van der Waals surface area contributed by atoms with Crippen LogP contribution in [-0.2, 0) is 4.74 Å². The summed E-state index contributed by atoms with van der Waals surface area (Å²) in [5.74, 6) is 0.724. The van der Waals surface area contributed by atoms with Crippen LogP contribution in [0.3, 0.4) is 0 Å². The van der Waals surface area contributed by atoms with Crippen LogP contribution in [0.25, 0.3) is 0 Å². The molecular weight excluding hydrogens is 234 g/mol. The zero-order valence-electron chi connectivity index (χ0n) is 13.2. The highest BCUT2D eigenvalue weighted by molar-refractivity contribution is 5.08. The SMILES string of the molecule is CCCC(C)COC1CC(NC)C12CCCCCC2. The Labute approximate surface area is 119 Å². The van der Waals surface area contributed by atoms with Crippen molar-refractivity contribution in [3.63, 3.8) is 0 Å². The molecule has 19 heavy (non-hydrogen) atoms. The molecule has 1 spiro atoms. The van der Waals surface area contributed by atoms with Crippen LogP contribution < -0.4 is 5.32 Å². The fourth-order valence-corrected chi connectivity index (χ4v) is 4.30. The van der Waals surface area contributed by atoms with Crippen molar-refractivity contribution in [3.05, 3.63) is 0 Å². The van der Waals surface area contributed by atoms with E-state index in [1.165, 1.54) is 57.8 Å². The van der Waals surface area contributed by atoms with Crippen molar-refractivity contribution in [1.82, 2.24) is 5.32 Å². The second kappa shape index (κ2) is 7.08. The number of hydrogen-bond donors (Lipinski definition) is 1. The summed E-state index contributed by atoms with van der Waals surface area (Å²) in [7, 11) is 2.13. The first kappa shape index (κ1) is 15.3. The minimum Gasteiger partial charge on any atom is -0.377 e. The number of hydrogen-bond acceptors (Lipinski definition) is 2. The number of rotatable bonds is 6. The molecule has 2 aliphatic rings. The summed E-state index contributed by atoms with van der Waals surface area (Å²) in [5, 5.41) is 3.55. The molecule has 1 N–H and O–H groups in total. The van der Waals surface area contributed by atoms with Gasteiger partial charge in [0.15, 0.2) is 0 Å². The van der Waals surface area contributed by atoms with Gasteiger partial charge in [-0.15, -0.1) is 0 Å². The Balaban J connectivity index is 1.89. The smallest absolute Gasteiger partial charge is 0.0661 e. The van der Waals surface area contributed by atoms with Crippen molar-refractivity contribution >= 4 is 0 Å². The van der Waals surface area contributed by atoms with E-state index in [2.05, 4.69) is 26.2 Å². The Morgan fingerprint density at radius 1 is 1.21 bits per heavy atom. The monoisotopic (exact) mass is 267 g/mol. The van der Waals surface area contributed by atoms with Crippen LogP contribution in [0.4, 0.5) is 0 Å². The molecule has 0 aromatic carbocycles. The quantitative estimate of drug-likeness (QED) is 0.781. The van der Waals surface area contributed by atoms with E-state index >= 15 is 0 Å². The maximum atomic E-state index is 6.33. The van der Waals surface area contributed by atoms with Gasteiger partial charge in [-0.3, -0.25) is 0 Å². The second-order valence-corrected chi connectivity index (χ2v) is 6.94. The summed E-state index contributed by atoms with van der Waals surface area (Å²) >= 11 is 0. The Morgan fingerprint density at radius 3 is 2.47 bits per heavy atom. The molecule has 0 aromatic rings. The lowest BCUT2D eigenvalue weighted by atomic mass is 9.58. The van der Waals surface area contributed by atoms with E-state index in [1.54, 1.807) is 0 Å². The average molecular weight is 267 g/mol. The lowest BCUT2D eigenvalue weighted by molar-refractivity contribution is -0.148. The van der Waals surface area contributed by atoms with Crippen molar-refractivity contribution in [1.29, 1.82) is 0 Å². The molecule has 0 saturated heterocycles. The van der Waals surface area contributed by atoms with Crippen LogP contribution in [-0.4, -0.2) is 25.8 Å². The molecule has 0 amide bonds. The fraction of sp³-hybridized carbons (Fsp3) is 1.00. The predicted octanol–water partition coefficient (Wildman–Crippen LogP) is 4.14. The third kappa shape index (κ3) is 3.33. The Hall–Kier alpha value is -0.0800. The molecule has 3 atom stereocenters. The first-order valence-electron chi connectivity index (χ1n) is 8.51. The van der Waals surface area contributed by atoms with Gasteiger partial charge in [0, 0.05) is 18.1 Å². The number of ether oxygens (including phenoxy) is 1. The van der Waals surface area contributed by atoms with E-state index in [9.17, 15) is 0 Å². The van der Waals surface area contributed by atoms with Crippen LogP contribution in [0, 0.1) is 11.3 Å². The summed E-state index contributed by atoms with van der Waals surface area (Å²) in [5.41, 5.74) is 0.469. The first-order valence-corrected chi connectivity index (χ1v) is 8.51. The van der Waals surface area contributed by atoms with Crippen molar-refractivity contribution < 1.29 is 4.74 Å². The van der Waals surface area contributed by atoms with E-state index in [1.807, 2.05) is 0 Å². The third-order valence-electron chi connectivity index (χ3n) is 5.53. The largest absolute Gasteiger partial charge is 0.377 e. The Morgan fingerprint density at radius 2 is 1.89 bits per heavy atom. The molecule has 0 radical (unpaired) electrons. The summed E-state index contributed by atoms with van der Waals surface area (Å²) in [6.07, 6.45) is 12.8. The molecule has 3 unspecified atom stereocenters. The van der Waals surface area contributed by atoms with E-state index in [0.717, 1.165) is 12.5 Å². The second-order valence-electron chi connectivity index (χ2n) is 6.94. The van der Waals surface area contributed by atoms with Gasteiger partial charge in [-0.2, -0.15) is 0 Å². The van der Waals surface area contributed by atoms with Gasteiger partial charge in [0.05, 0.1) is 6.10 Å². The molecule has 0 heterocycles. The van der Waals surface area contributed by atoms with E-state index in [4.69, 9.17) is 4.74 Å². The Bertz CT molecular complexity index is 258. The lowest BCUT2D eigenvalue weighted by Gasteiger charge is -2.56. The maximum Gasteiger partial charge on any atom is 0.0661 e. The molecule has 0 aromatic heterocycles. The summed E-state index contributed by atoms with van der Waals surface area (Å²) in [4.78, 5) is 0. The van der Waals surface area contributed by atoms with Gasteiger partial charge in [-0.1, -0.05) is 46.0 Å². The minimum atomic E-state index is 0.469. The van der Waals surface area contributed by atoms with Crippen molar-refractivity contribution in [3.8, 4) is 0 Å². The molecule has 2 nitrogen and oxygen atoms in total. The lowest BCUT2D eigenvalue weighted by Crippen LogP contribution is -2.63. The molecule has 2 fully saturated rings. The van der Waals surface area contributed by atoms with Crippen LogP contribution in [0.15, 0.2) is 0 Å². The highest BCUT2D eigenvalue weighted by atomic mass is 16.5. The number of nitrogens with one attached hydrogen (secondary N) is 1. The van der Waals surface area contributed by atoms with Crippen molar-refractivity contribution in [2.75, 3.05) is 13.7 Å². The standard InChI is InChI=1S/C17H33NO/c1-4-9-14(2)13-19-16-12-15(18-3)17(16)10-7-5-6-8-11-17/h14-16,18H,4-13H2,1-3H3. The minimum absolute atomic E-state index is 0.469. The average Bonchev–Trinajstić information content (AvgIpc) is 2.65. The molecule has 0 aliphatic heterocycles. The fourth-order valence-electron chi connectivity index (χ4n) is 4.30.